The van der Waals surface area contributed by atoms with Crippen molar-refractivity contribution >= 4 is 22.0 Å². The van der Waals surface area contributed by atoms with E-state index in [0.29, 0.717) is 31.1 Å². The predicted molar refractivity (Wildman–Crippen MR) is 107 cm³/mol. The number of carbonyl (C=O) groups excluding carboxylic acids is 2. The number of nitrogens with one attached hydrogen (secondary N) is 2. The van der Waals surface area contributed by atoms with E-state index in [1.807, 2.05) is 32.9 Å². The normalized spacial score (nSPS) is 26.8. The highest BCUT2D eigenvalue weighted by Gasteiger charge is 2.56. The van der Waals surface area contributed by atoms with Crippen molar-refractivity contribution in [3.63, 3.8) is 0 Å². The summed E-state index contributed by atoms with van der Waals surface area (Å²) in [5.41, 5.74) is 1.01. The van der Waals surface area contributed by atoms with Crippen molar-refractivity contribution in [3.05, 3.63) is 29.3 Å². The fourth-order valence-corrected chi connectivity index (χ4v) is 6.10. The van der Waals surface area contributed by atoms with Gasteiger partial charge in [0, 0.05) is 0 Å². The Bertz CT molecular complexity index is 951. The van der Waals surface area contributed by atoms with Crippen LogP contribution in [-0.2, 0) is 14.8 Å². The van der Waals surface area contributed by atoms with Gasteiger partial charge >= 0.3 is 6.03 Å². The fourth-order valence-electron chi connectivity index (χ4n) is 4.45. The van der Waals surface area contributed by atoms with E-state index in [9.17, 15) is 18.0 Å². The van der Waals surface area contributed by atoms with Gasteiger partial charge in [-0.3, -0.25) is 4.79 Å². The first-order chi connectivity index (χ1) is 13.6. The molecule has 2 N–H and O–H groups in total. The summed E-state index contributed by atoms with van der Waals surface area (Å²) in [5, 5.41) is 2.86. The number of rotatable bonds is 5. The van der Waals surface area contributed by atoms with Crippen molar-refractivity contribution in [2.24, 2.45) is 5.92 Å². The van der Waals surface area contributed by atoms with Crippen LogP contribution < -0.4 is 10.2 Å². The van der Waals surface area contributed by atoms with Crippen LogP contribution in [0.15, 0.2) is 23.1 Å². The van der Waals surface area contributed by atoms with Crippen molar-refractivity contribution in [3.8, 4) is 0 Å². The standard InChI is InChI=1S/C20H28N4O4S/c1-14-4-7-17(15(2)12-14)29(27,28)23-10-8-22(9-11-23)13-24-18(25)20(3,16-5-6-16)21-19(24)26/h4,7,12,16H,5-6,8-11,13H2,1-3H3,(H,21,26)/p+1/t20-/m1/s1. The number of aryl methyl sites for hydroxylation is 2. The Morgan fingerprint density at radius 1 is 1.17 bits per heavy atom. The lowest BCUT2D eigenvalue weighted by Crippen LogP contribution is -3.16. The molecule has 2 aliphatic heterocycles. The summed E-state index contributed by atoms with van der Waals surface area (Å²) in [4.78, 5) is 27.8. The van der Waals surface area contributed by atoms with Gasteiger partial charge < -0.3 is 10.2 Å². The van der Waals surface area contributed by atoms with Crippen LogP contribution in [0.2, 0.25) is 0 Å². The molecular weight excluding hydrogens is 392 g/mol. The van der Waals surface area contributed by atoms with E-state index >= 15 is 0 Å². The Labute approximate surface area is 171 Å². The number of sulfonamides is 1. The second-order valence-corrected chi connectivity index (χ2v) is 10.6. The maximum atomic E-state index is 13.0. The first-order valence-electron chi connectivity index (χ1n) is 10.2. The molecule has 1 aromatic rings. The van der Waals surface area contributed by atoms with Crippen molar-refractivity contribution in [2.75, 3.05) is 32.8 Å². The Balaban J connectivity index is 1.39. The molecule has 9 heteroatoms. The zero-order chi connectivity index (χ0) is 21.0. The van der Waals surface area contributed by atoms with Crippen LogP contribution >= 0.6 is 0 Å². The number of hydrogen-bond acceptors (Lipinski definition) is 4. The Morgan fingerprint density at radius 2 is 1.83 bits per heavy atom. The van der Waals surface area contributed by atoms with Crippen LogP contribution in [0, 0.1) is 19.8 Å². The number of imide groups is 1. The fraction of sp³-hybridized carbons (Fsp3) is 0.600. The molecule has 3 amide bonds. The van der Waals surface area contributed by atoms with E-state index in [0.717, 1.165) is 28.9 Å². The minimum Gasteiger partial charge on any atom is -0.323 e. The van der Waals surface area contributed by atoms with Crippen molar-refractivity contribution < 1.29 is 22.9 Å². The third kappa shape index (κ3) is 3.55. The molecule has 2 saturated heterocycles. The van der Waals surface area contributed by atoms with Gasteiger partial charge in [0.1, 0.15) is 5.54 Å². The SMILES string of the molecule is Cc1ccc(S(=O)(=O)N2CC[NH+](CN3C(=O)N[C@](C)(C4CC4)C3=O)CC2)c(C)c1. The lowest BCUT2D eigenvalue weighted by molar-refractivity contribution is -0.910. The van der Waals surface area contributed by atoms with Gasteiger partial charge in [-0.05, 0) is 51.2 Å². The topological polar surface area (TPSA) is 91.2 Å². The summed E-state index contributed by atoms with van der Waals surface area (Å²) < 4.78 is 27.6. The molecule has 29 heavy (non-hydrogen) atoms. The molecule has 0 spiro atoms. The molecule has 0 radical (unpaired) electrons. The average Bonchev–Trinajstić information content (AvgIpc) is 3.48. The second kappa shape index (κ2) is 7.07. The first-order valence-corrected chi connectivity index (χ1v) is 11.6. The number of amides is 3. The van der Waals surface area contributed by atoms with Crippen molar-refractivity contribution in [1.82, 2.24) is 14.5 Å². The number of hydrogen-bond donors (Lipinski definition) is 2. The van der Waals surface area contributed by atoms with Crippen LogP contribution in [-0.4, -0.2) is 67.9 Å². The van der Waals surface area contributed by atoms with Gasteiger partial charge in [0.15, 0.2) is 6.67 Å². The monoisotopic (exact) mass is 421 g/mol. The molecule has 4 rings (SSSR count). The van der Waals surface area contributed by atoms with Crippen LogP contribution in [0.4, 0.5) is 4.79 Å². The number of quaternary nitrogens is 1. The zero-order valence-electron chi connectivity index (χ0n) is 17.2. The molecule has 1 saturated carbocycles. The Morgan fingerprint density at radius 3 is 2.41 bits per heavy atom. The average molecular weight is 422 g/mol. The van der Waals surface area contributed by atoms with Crippen LogP contribution in [0.5, 0.6) is 0 Å². The van der Waals surface area contributed by atoms with E-state index in [2.05, 4.69) is 5.32 Å². The molecule has 0 unspecified atom stereocenters. The molecular formula is C20H29N4O4S+. The molecule has 0 aromatic heterocycles. The number of urea groups is 1. The van der Waals surface area contributed by atoms with Gasteiger partial charge in [-0.25, -0.2) is 18.1 Å². The highest BCUT2D eigenvalue weighted by atomic mass is 32.2. The van der Waals surface area contributed by atoms with Gasteiger partial charge in [-0.2, -0.15) is 4.31 Å². The molecule has 1 aromatic carbocycles. The third-order valence-corrected chi connectivity index (χ3v) is 8.51. The van der Waals surface area contributed by atoms with Gasteiger partial charge in [0.2, 0.25) is 10.0 Å². The van der Waals surface area contributed by atoms with E-state index < -0.39 is 15.6 Å². The predicted octanol–water partition coefficient (Wildman–Crippen LogP) is -0.129. The molecule has 0 bridgehead atoms. The van der Waals surface area contributed by atoms with Crippen LogP contribution in [0.1, 0.15) is 30.9 Å². The molecule has 3 aliphatic rings. The number of carbonyl (C=O) groups is 2. The Hall–Kier alpha value is -1.97. The highest BCUT2D eigenvalue weighted by Crippen LogP contribution is 2.42. The van der Waals surface area contributed by atoms with Gasteiger partial charge in [0.05, 0.1) is 31.1 Å². The van der Waals surface area contributed by atoms with E-state index in [4.69, 9.17) is 0 Å². The molecule has 3 fully saturated rings. The quantitative estimate of drug-likeness (QED) is 0.648. The maximum absolute atomic E-state index is 13.0. The highest BCUT2D eigenvalue weighted by molar-refractivity contribution is 7.89. The van der Waals surface area contributed by atoms with E-state index in [1.54, 1.807) is 6.07 Å². The summed E-state index contributed by atoms with van der Waals surface area (Å²) in [6.07, 6.45) is 1.94. The minimum absolute atomic E-state index is 0.150. The van der Waals surface area contributed by atoms with E-state index in [1.165, 1.54) is 9.21 Å². The summed E-state index contributed by atoms with van der Waals surface area (Å²) in [6.45, 7) is 7.70. The van der Waals surface area contributed by atoms with Gasteiger partial charge in [-0.15, -0.1) is 0 Å². The number of benzene rings is 1. The van der Waals surface area contributed by atoms with Gasteiger partial charge in [0.25, 0.3) is 5.91 Å². The minimum atomic E-state index is -3.54. The summed E-state index contributed by atoms with van der Waals surface area (Å²) >= 11 is 0. The first kappa shape index (κ1) is 20.3. The number of piperazine rings is 1. The zero-order valence-corrected chi connectivity index (χ0v) is 18.0. The van der Waals surface area contributed by atoms with E-state index in [-0.39, 0.29) is 24.5 Å². The van der Waals surface area contributed by atoms with Crippen molar-refractivity contribution in [2.45, 2.75) is 44.0 Å². The largest absolute Gasteiger partial charge is 0.329 e. The van der Waals surface area contributed by atoms with Gasteiger partial charge in [-0.1, -0.05) is 17.7 Å². The lowest BCUT2D eigenvalue weighted by atomic mass is 9.96. The summed E-state index contributed by atoms with van der Waals surface area (Å²) in [5.74, 6) is 0.0847. The second-order valence-electron chi connectivity index (χ2n) is 8.72. The smallest absolute Gasteiger partial charge is 0.323 e. The van der Waals surface area contributed by atoms with Crippen LogP contribution in [0.3, 0.4) is 0 Å². The molecule has 1 atom stereocenters. The molecule has 8 nitrogen and oxygen atoms in total. The Kier molecular flexibility index (Phi) is 4.95. The molecule has 158 valence electrons. The summed E-state index contributed by atoms with van der Waals surface area (Å²) in [7, 11) is -3.54. The molecule has 1 aliphatic carbocycles. The lowest BCUT2D eigenvalue weighted by Gasteiger charge is -2.33. The maximum Gasteiger partial charge on any atom is 0.329 e. The molecule has 2 heterocycles. The van der Waals surface area contributed by atoms with Crippen molar-refractivity contribution in [1.29, 1.82) is 0 Å². The summed E-state index contributed by atoms with van der Waals surface area (Å²) in [6, 6.07) is 5.03. The number of nitrogens with zero attached hydrogens (tertiary/aromatic N) is 2. The third-order valence-electron chi connectivity index (χ3n) is 6.45. The van der Waals surface area contributed by atoms with Crippen LogP contribution in [0.25, 0.3) is 0 Å².